The standard InChI is InChI=1S/C17H26N4O.HI/c1-4-18-17(19-11-13-5-6-13)20-12-14-7-9-15(10-8-14)16(22)21(2)3;/h7-10,13H,4-6,11-12H2,1-3H3,(H2,18,19,20);1H. The molecule has 0 aliphatic heterocycles. The van der Waals surface area contributed by atoms with E-state index in [9.17, 15) is 4.79 Å². The fraction of sp³-hybridized carbons (Fsp3) is 0.529. The predicted molar refractivity (Wildman–Crippen MR) is 105 cm³/mol. The molecule has 1 aromatic carbocycles. The number of carbonyl (C=O) groups excluding carboxylic acids is 1. The highest BCUT2D eigenvalue weighted by molar-refractivity contribution is 14.0. The Hall–Kier alpha value is -1.31. The third-order valence-electron chi connectivity index (χ3n) is 3.63. The molecular formula is C17H27IN4O. The van der Waals surface area contributed by atoms with Gasteiger partial charge in [-0.25, -0.2) is 4.99 Å². The lowest BCUT2D eigenvalue weighted by atomic mass is 10.1. The van der Waals surface area contributed by atoms with Crippen molar-refractivity contribution in [2.45, 2.75) is 26.3 Å². The average molecular weight is 430 g/mol. The van der Waals surface area contributed by atoms with Gasteiger partial charge in [0.1, 0.15) is 0 Å². The van der Waals surface area contributed by atoms with Gasteiger partial charge >= 0.3 is 0 Å². The molecule has 0 aromatic heterocycles. The van der Waals surface area contributed by atoms with Crippen LogP contribution >= 0.6 is 24.0 Å². The Morgan fingerprint density at radius 2 is 1.87 bits per heavy atom. The number of amides is 1. The summed E-state index contributed by atoms with van der Waals surface area (Å²) >= 11 is 0. The lowest BCUT2D eigenvalue weighted by molar-refractivity contribution is 0.0827. The molecule has 1 saturated carbocycles. The van der Waals surface area contributed by atoms with Gasteiger partial charge in [0.25, 0.3) is 5.91 Å². The lowest BCUT2D eigenvalue weighted by Crippen LogP contribution is -2.38. The monoisotopic (exact) mass is 430 g/mol. The molecule has 2 rings (SSSR count). The Kier molecular flexibility index (Phi) is 8.36. The lowest BCUT2D eigenvalue weighted by Gasteiger charge is -2.11. The molecule has 0 spiro atoms. The van der Waals surface area contributed by atoms with E-state index in [1.165, 1.54) is 12.8 Å². The van der Waals surface area contributed by atoms with E-state index in [2.05, 4.69) is 22.5 Å². The number of nitrogens with one attached hydrogen (secondary N) is 2. The van der Waals surface area contributed by atoms with Crippen LogP contribution in [0.2, 0.25) is 0 Å². The molecule has 0 atom stereocenters. The number of benzene rings is 1. The summed E-state index contributed by atoms with van der Waals surface area (Å²) in [7, 11) is 3.52. The zero-order valence-electron chi connectivity index (χ0n) is 14.1. The Labute approximate surface area is 156 Å². The Bertz CT molecular complexity index is 524. The minimum atomic E-state index is 0. The molecular weight excluding hydrogens is 403 g/mol. The molecule has 0 bridgehead atoms. The fourth-order valence-electron chi connectivity index (χ4n) is 2.09. The van der Waals surface area contributed by atoms with Crippen molar-refractivity contribution in [1.29, 1.82) is 0 Å². The third-order valence-corrected chi connectivity index (χ3v) is 3.63. The smallest absolute Gasteiger partial charge is 0.253 e. The van der Waals surface area contributed by atoms with Crippen LogP contribution in [0.1, 0.15) is 35.7 Å². The van der Waals surface area contributed by atoms with Crippen LogP contribution in [0.5, 0.6) is 0 Å². The van der Waals surface area contributed by atoms with Gasteiger partial charge in [-0.1, -0.05) is 12.1 Å². The molecule has 0 saturated heterocycles. The van der Waals surface area contributed by atoms with Crippen LogP contribution in [0.15, 0.2) is 29.3 Å². The second-order valence-electron chi connectivity index (χ2n) is 5.92. The Morgan fingerprint density at radius 1 is 1.22 bits per heavy atom. The van der Waals surface area contributed by atoms with E-state index in [0.29, 0.717) is 12.1 Å². The summed E-state index contributed by atoms with van der Waals surface area (Å²) < 4.78 is 0. The minimum Gasteiger partial charge on any atom is -0.357 e. The summed E-state index contributed by atoms with van der Waals surface area (Å²) in [5, 5.41) is 6.63. The topological polar surface area (TPSA) is 56.7 Å². The molecule has 5 nitrogen and oxygen atoms in total. The van der Waals surface area contributed by atoms with Crippen molar-refractivity contribution in [1.82, 2.24) is 15.5 Å². The van der Waals surface area contributed by atoms with Crippen molar-refractivity contribution in [3.63, 3.8) is 0 Å². The molecule has 0 heterocycles. The van der Waals surface area contributed by atoms with Crippen LogP contribution in [-0.4, -0.2) is 44.0 Å². The zero-order chi connectivity index (χ0) is 15.9. The average Bonchev–Trinajstić information content (AvgIpc) is 3.34. The highest BCUT2D eigenvalue weighted by Gasteiger charge is 2.21. The maximum Gasteiger partial charge on any atom is 0.253 e. The van der Waals surface area contributed by atoms with E-state index in [4.69, 9.17) is 0 Å². The first-order valence-electron chi connectivity index (χ1n) is 7.93. The maximum atomic E-state index is 11.8. The van der Waals surface area contributed by atoms with Crippen LogP contribution in [0.4, 0.5) is 0 Å². The number of nitrogens with zero attached hydrogens (tertiary/aromatic N) is 2. The van der Waals surface area contributed by atoms with Gasteiger partial charge in [0, 0.05) is 32.7 Å². The van der Waals surface area contributed by atoms with E-state index >= 15 is 0 Å². The minimum absolute atomic E-state index is 0. The summed E-state index contributed by atoms with van der Waals surface area (Å²) in [5.41, 5.74) is 1.80. The van der Waals surface area contributed by atoms with Crippen molar-refractivity contribution >= 4 is 35.8 Å². The van der Waals surface area contributed by atoms with Crippen LogP contribution in [0.25, 0.3) is 0 Å². The van der Waals surface area contributed by atoms with E-state index < -0.39 is 0 Å². The number of carbonyl (C=O) groups is 1. The van der Waals surface area contributed by atoms with E-state index in [1.807, 2.05) is 24.3 Å². The summed E-state index contributed by atoms with van der Waals surface area (Å²) in [6.07, 6.45) is 2.65. The normalized spacial score (nSPS) is 14.0. The second kappa shape index (κ2) is 9.75. The van der Waals surface area contributed by atoms with Crippen LogP contribution in [0.3, 0.4) is 0 Å². The fourth-order valence-corrected chi connectivity index (χ4v) is 2.09. The van der Waals surface area contributed by atoms with Crippen LogP contribution < -0.4 is 10.6 Å². The van der Waals surface area contributed by atoms with Crippen molar-refractivity contribution in [3.05, 3.63) is 35.4 Å². The largest absolute Gasteiger partial charge is 0.357 e. The molecule has 0 unspecified atom stereocenters. The van der Waals surface area contributed by atoms with Crippen LogP contribution in [-0.2, 0) is 6.54 Å². The predicted octanol–water partition coefficient (Wildman–Crippen LogP) is 2.47. The van der Waals surface area contributed by atoms with E-state index in [-0.39, 0.29) is 29.9 Å². The molecule has 1 aromatic rings. The van der Waals surface area contributed by atoms with Crippen LogP contribution in [0, 0.1) is 5.92 Å². The molecule has 1 aliphatic carbocycles. The highest BCUT2D eigenvalue weighted by Crippen LogP contribution is 2.27. The van der Waals surface area contributed by atoms with Crippen molar-refractivity contribution in [3.8, 4) is 0 Å². The SMILES string of the molecule is CCNC(=NCc1ccc(C(=O)N(C)C)cc1)NCC1CC1.I. The summed E-state index contributed by atoms with van der Waals surface area (Å²) in [6.45, 7) is 4.53. The molecule has 23 heavy (non-hydrogen) atoms. The summed E-state index contributed by atoms with van der Waals surface area (Å²) in [6, 6.07) is 7.64. The number of halogens is 1. The molecule has 6 heteroatoms. The van der Waals surface area contributed by atoms with Gasteiger partial charge in [-0.05, 0) is 43.4 Å². The number of aliphatic imine (C=N–C) groups is 1. The molecule has 1 aliphatic rings. The number of hydrogen-bond donors (Lipinski definition) is 2. The van der Waals surface area contributed by atoms with Gasteiger partial charge in [-0.15, -0.1) is 24.0 Å². The molecule has 128 valence electrons. The van der Waals surface area contributed by atoms with Gasteiger partial charge in [-0.3, -0.25) is 4.79 Å². The Morgan fingerprint density at radius 3 is 2.39 bits per heavy atom. The zero-order valence-corrected chi connectivity index (χ0v) is 16.5. The van der Waals surface area contributed by atoms with Gasteiger partial charge in [-0.2, -0.15) is 0 Å². The first-order valence-corrected chi connectivity index (χ1v) is 7.93. The van der Waals surface area contributed by atoms with Crippen molar-refractivity contribution < 1.29 is 4.79 Å². The van der Waals surface area contributed by atoms with Gasteiger partial charge in [0.2, 0.25) is 0 Å². The van der Waals surface area contributed by atoms with E-state index in [1.54, 1.807) is 19.0 Å². The Balaban J connectivity index is 0.00000264. The number of guanidine groups is 1. The molecule has 0 radical (unpaired) electrons. The van der Waals surface area contributed by atoms with Gasteiger partial charge < -0.3 is 15.5 Å². The van der Waals surface area contributed by atoms with Gasteiger partial charge in [0.15, 0.2) is 5.96 Å². The molecule has 1 fully saturated rings. The van der Waals surface area contributed by atoms with Crippen molar-refractivity contribution in [2.75, 3.05) is 27.2 Å². The quantitative estimate of drug-likeness (QED) is 0.414. The number of hydrogen-bond acceptors (Lipinski definition) is 2. The summed E-state index contributed by atoms with van der Waals surface area (Å²) in [4.78, 5) is 18.0. The molecule has 1 amide bonds. The highest BCUT2D eigenvalue weighted by atomic mass is 127. The maximum absolute atomic E-state index is 11.8. The van der Waals surface area contributed by atoms with Gasteiger partial charge in [0.05, 0.1) is 6.54 Å². The number of rotatable bonds is 6. The summed E-state index contributed by atoms with van der Waals surface area (Å²) in [5.74, 6) is 1.71. The molecule has 2 N–H and O–H groups in total. The van der Waals surface area contributed by atoms with Crippen molar-refractivity contribution in [2.24, 2.45) is 10.9 Å². The first kappa shape index (κ1) is 19.7. The third kappa shape index (κ3) is 6.76. The second-order valence-corrected chi connectivity index (χ2v) is 5.92. The first-order chi connectivity index (χ1) is 10.6. The van der Waals surface area contributed by atoms with E-state index in [0.717, 1.165) is 30.5 Å².